The average Bonchev–Trinajstić information content (AvgIpc) is 2.47. The summed E-state index contributed by atoms with van der Waals surface area (Å²) in [7, 11) is 3.59. The zero-order chi connectivity index (χ0) is 17.0. The van der Waals surface area contributed by atoms with Gasteiger partial charge in [0.1, 0.15) is 13.2 Å². The fourth-order valence-corrected chi connectivity index (χ4v) is 2.25. The molecule has 2 N–H and O–H groups in total. The van der Waals surface area contributed by atoms with Crippen LogP contribution in [0.15, 0.2) is 0 Å². The van der Waals surface area contributed by atoms with Crippen molar-refractivity contribution in [1.82, 2.24) is 10.6 Å². The molecule has 133 valence electrons. The van der Waals surface area contributed by atoms with Crippen molar-refractivity contribution in [3.63, 3.8) is 0 Å². The second-order valence-electron chi connectivity index (χ2n) is 5.78. The molecule has 0 aromatic carbocycles. The standard InChI is InChI=1S/C16H31N2O4.Y/c1-6-7-16(3,15(20)22-11-9-18-5)12-13(2)14(19)21-10-8-17-4;/h13,17-18H,1,6-12H2,2-5H3;/q-1;. The summed E-state index contributed by atoms with van der Waals surface area (Å²) in [6.45, 7) is 9.30. The summed E-state index contributed by atoms with van der Waals surface area (Å²) in [6, 6.07) is 0. The normalized spacial score (nSPS) is 14.3. The Hall–Kier alpha value is -0.0361. The molecule has 23 heavy (non-hydrogen) atoms. The SMILES string of the molecule is [CH2-]CCC(C)(CC(C)C(=O)OCCNC)C(=O)OCCNC.[Y]. The molecule has 0 aliphatic rings. The molecular weight excluding hydrogens is 373 g/mol. The van der Waals surface area contributed by atoms with Crippen LogP contribution in [0, 0.1) is 18.3 Å². The van der Waals surface area contributed by atoms with E-state index >= 15 is 0 Å². The van der Waals surface area contributed by atoms with Crippen LogP contribution in [0.3, 0.4) is 0 Å². The van der Waals surface area contributed by atoms with E-state index in [2.05, 4.69) is 17.6 Å². The van der Waals surface area contributed by atoms with Gasteiger partial charge in [-0.25, -0.2) is 0 Å². The van der Waals surface area contributed by atoms with Gasteiger partial charge in [-0.1, -0.05) is 13.3 Å². The fourth-order valence-electron chi connectivity index (χ4n) is 2.25. The van der Waals surface area contributed by atoms with Crippen LogP contribution in [0.25, 0.3) is 0 Å². The molecule has 2 atom stereocenters. The van der Waals surface area contributed by atoms with Crippen molar-refractivity contribution < 1.29 is 51.8 Å². The largest absolute Gasteiger partial charge is 0.464 e. The molecule has 0 aliphatic carbocycles. The quantitative estimate of drug-likeness (QED) is 0.289. The molecule has 7 heteroatoms. The van der Waals surface area contributed by atoms with Crippen LogP contribution in [-0.4, -0.2) is 52.3 Å². The van der Waals surface area contributed by atoms with E-state index in [0.717, 1.165) is 0 Å². The predicted octanol–water partition coefficient (Wildman–Crippen LogP) is 1.16. The summed E-state index contributed by atoms with van der Waals surface area (Å²) >= 11 is 0. The molecule has 0 aromatic rings. The molecule has 0 bridgehead atoms. The number of ether oxygens (including phenoxy) is 2. The third-order valence-corrected chi connectivity index (χ3v) is 3.56. The zero-order valence-corrected chi connectivity index (χ0v) is 17.8. The van der Waals surface area contributed by atoms with Gasteiger partial charge in [0.25, 0.3) is 0 Å². The van der Waals surface area contributed by atoms with Gasteiger partial charge >= 0.3 is 11.9 Å². The Morgan fingerprint density at radius 2 is 1.65 bits per heavy atom. The topological polar surface area (TPSA) is 76.7 Å². The first-order valence-corrected chi connectivity index (χ1v) is 7.83. The van der Waals surface area contributed by atoms with Gasteiger partial charge in [-0.3, -0.25) is 9.59 Å². The summed E-state index contributed by atoms with van der Waals surface area (Å²) in [5, 5.41) is 5.84. The monoisotopic (exact) mass is 404 g/mol. The van der Waals surface area contributed by atoms with Gasteiger partial charge in [-0.15, -0.1) is 0 Å². The summed E-state index contributed by atoms with van der Waals surface area (Å²) in [5.41, 5.74) is -0.711. The first-order chi connectivity index (χ1) is 10.4. The van der Waals surface area contributed by atoms with Gasteiger partial charge in [0.05, 0.1) is 11.3 Å². The van der Waals surface area contributed by atoms with Crippen molar-refractivity contribution in [3.8, 4) is 0 Å². The van der Waals surface area contributed by atoms with Crippen molar-refractivity contribution in [2.24, 2.45) is 11.3 Å². The Bertz CT molecular complexity index is 342. The minimum atomic E-state index is -0.711. The number of carbonyl (C=O) groups excluding carboxylic acids is 2. The maximum Gasteiger partial charge on any atom is 0.311 e. The van der Waals surface area contributed by atoms with E-state index in [-0.39, 0.29) is 50.6 Å². The summed E-state index contributed by atoms with van der Waals surface area (Å²) in [5.74, 6) is -0.917. The Kier molecular flexibility index (Phi) is 15.7. The number of hydrogen-bond donors (Lipinski definition) is 2. The number of nitrogens with one attached hydrogen (secondary N) is 2. The molecule has 0 rings (SSSR count). The number of hydrogen-bond acceptors (Lipinski definition) is 6. The van der Waals surface area contributed by atoms with E-state index in [0.29, 0.717) is 45.6 Å². The number of carbonyl (C=O) groups is 2. The molecule has 0 saturated heterocycles. The average molecular weight is 404 g/mol. The minimum Gasteiger partial charge on any atom is -0.464 e. The van der Waals surface area contributed by atoms with E-state index in [1.807, 2.05) is 6.92 Å². The molecule has 0 aliphatic heterocycles. The maximum absolute atomic E-state index is 12.3. The Morgan fingerprint density at radius 3 is 2.13 bits per heavy atom. The Balaban J connectivity index is 0. The Morgan fingerprint density at radius 1 is 1.13 bits per heavy atom. The zero-order valence-electron chi connectivity index (χ0n) is 14.9. The molecule has 0 amide bonds. The van der Waals surface area contributed by atoms with Crippen LogP contribution in [0.5, 0.6) is 0 Å². The van der Waals surface area contributed by atoms with Crippen LogP contribution in [0.4, 0.5) is 0 Å². The molecule has 0 saturated carbocycles. The van der Waals surface area contributed by atoms with Crippen LogP contribution >= 0.6 is 0 Å². The molecule has 0 fully saturated rings. The summed E-state index contributed by atoms with van der Waals surface area (Å²) in [6.07, 6.45) is 1.60. The van der Waals surface area contributed by atoms with Gasteiger partial charge in [0.2, 0.25) is 0 Å². The summed E-state index contributed by atoms with van der Waals surface area (Å²) in [4.78, 5) is 24.3. The van der Waals surface area contributed by atoms with E-state index in [1.165, 1.54) is 0 Å². The van der Waals surface area contributed by atoms with Gasteiger partial charge in [0, 0.05) is 45.8 Å². The van der Waals surface area contributed by atoms with Crippen molar-refractivity contribution >= 4 is 11.9 Å². The van der Waals surface area contributed by atoms with E-state index < -0.39 is 5.41 Å². The third-order valence-electron chi connectivity index (χ3n) is 3.56. The first-order valence-electron chi connectivity index (χ1n) is 7.83. The smallest absolute Gasteiger partial charge is 0.311 e. The number of esters is 2. The molecule has 0 aromatic heterocycles. The van der Waals surface area contributed by atoms with Crippen molar-refractivity contribution in [2.45, 2.75) is 33.1 Å². The van der Waals surface area contributed by atoms with Gasteiger partial charge in [-0.05, 0) is 27.4 Å². The van der Waals surface area contributed by atoms with Crippen molar-refractivity contribution in [3.05, 3.63) is 6.92 Å². The Labute approximate surface area is 165 Å². The second kappa shape index (κ2) is 14.3. The molecule has 0 spiro atoms. The predicted molar refractivity (Wildman–Crippen MR) is 86.3 cm³/mol. The van der Waals surface area contributed by atoms with Gasteiger partial charge in [0.15, 0.2) is 0 Å². The van der Waals surface area contributed by atoms with E-state index in [9.17, 15) is 9.59 Å². The molecular formula is C16H31N2O4Y-. The third kappa shape index (κ3) is 10.4. The first kappa shape index (κ1) is 25.2. The summed E-state index contributed by atoms with van der Waals surface area (Å²) < 4.78 is 10.5. The van der Waals surface area contributed by atoms with E-state index in [1.54, 1.807) is 21.0 Å². The second-order valence-corrected chi connectivity index (χ2v) is 5.78. The number of rotatable bonds is 12. The molecule has 1 radical (unpaired) electrons. The van der Waals surface area contributed by atoms with Gasteiger partial charge < -0.3 is 27.0 Å². The maximum atomic E-state index is 12.3. The van der Waals surface area contributed by atoms with Crippen LogP contribution in [0.1, 0.15) is 33.1 Å². The van der Waals surface area contributed by atoms with Crippen LogP contribution in [-0.2, 0) is 51.8 Å². The van der Waals surface area contributed by atoms with Crippen LogP contribution < -0.4 is 10.6 Å². The minimum absolute atomic E-state index is 0. The van der Waals surface area contributed by atoms with Crippen molar-refractivity contribution in [2.75, 3.05) is 40.4 Å². The fraction of sp³-hybridized carbons (Fsp3) is 0.812. The molecule has 6 nitrogen and oxygen atoms in total. The van der Waals surface area contributed by atoms with Crippen LogP contribution in [0.2, 0.25) is 0 Å². The van der Waals surface area contributed by atoms with Gasteiger partial charge in [-0.2, -0.15) is 6.42 Å². The van der Waals surface area contributed by atoms with Crippen molar-refractivity contribution in [1.29, 1.82) is 0 Å². The van der Waals surface area contributed by atoms with E-state index in [4.69, 9.17) is 9.47 Å². The molecule has 2 unspecified atom stereocenters. The number of likely N-dealkylation sites (N-methyl/N-ethyl adjacent to an activating group) is 2. The molecule has 0 heterocycles.